The van der Waals surface area contributed by atoms with Gasteiger partial charge in [-0.05, 0) is 18.1 Å². The molecule has 1 heterocycles. The number of carbonyl (C=O) groups excluding carboxylic acids is 1. The highest BCUT2D eigenvalue weighted by Gasteiger charge is 2.28. The molecule has 0 bridgehead atoms. The molecular weight excluding hydrogens is 273 g/mol. The van der Waals surface area contributed by atoms with E-state index < -0.39 is 18.7 Å². The SMILES string of the molecule is O=C(CCc1c[nH]c2ccccc12)NOCC(F)(F)F. The number of fused-ring (bicyclic) bond motifs is 1. The average Bonchev–Trinajstić information content (AvgIpc) is 2.78. The van der Waals surface area contributed by atoms with E-state index in [9.17, 15) is 18.0 Å². The van der Waals surface area contributed by atoms with Gasteiger partial charge in [0.05, 0.1) is 0 Å². The molecule has 0 unspecified atom stereocenters. The number of para-hydroxylation sites is 1. The number of benzene rings is 1. The van der Waals surface area contributed by atoms with Crippen LogP contribution in [0, 0.1) is 0 Å². The van der Waals surface area contributed by atoms with Crippen LogP contribution in [0.4, 0.5) is 13.2 Å². The summed E-state index contributed by atoms with van der Waals surface area (Å²) in [7, 11) is 0. The number of nitrogens with one attached hydrogen (secondary N) is 2. The Morgan fingerprint density at radius 3 is 2.80 bits per heavy atom. The van der Waals surface area contributed by atoms with E-state index in [-0.39, 0.29) is 6.42 Å². The molecular formula is C13H13F3N2O2. The molecule has 108 valence electrons. The van der Waals surface area contributed by atoms with Crippen LogP contribution in [0.25, 0.3) is 10.9 Å². The van der Waals surface area contributed by atoms with E-state index in [1.807, 2.05) is 24.3 Å². The average molecular weight is 286 g/mol. The van der Waals surface area contributed by atoms with Crippen LogP contribution >= 0.6 is 0 Å². The molecule has 0 aliphatic carbocycles. The third kappa shape index (κ3) is 3.99. The summed E-state index contributed by atoms with van der Waals surface area (Å²) >= 11 is 0. The number of halogens is 3. The number of alkyl halides is 3. The Balaban J connectivity index is 1.82. The molecule has 1 amide bonds. The lowest BCUT2D eigenvalue weighted by Gasteiger charge is -2.08. The Labute approximate surface area is 112 Å². The van der Waals surface area contributed by atoms with Crippen molar-refractivity contribution in [2.75, 3.05) is 6.61 Å². The molecule has 1 aromatic carbocycles. The van der Waals surface area contributed by atoms with E-state index in [1.165, 1.54) is 0 Å². The maximum absolute atomic E-state index is 11.8. The van der Waals surface area contributed by atoms with Crippen molar-refractivity contribution in [3.63, 3.8) is 0 Å². The Hall–Kier alpha value is -2.02. The van der Waals surface area contributed by atoms with Gasteiger partial charge in [0.2, 0.25) is 5.91 Å². The van der Waals surface area contributed by atoms with Gasteiger partial charge in [-0.15, -0.1) is 0 Å². The van der Waals surface area contributed by atoms with E-state index in [0.29, 0.717) is 6.42 Å². The van der Waals surface area contributed by atoms with Crippen molar-refractivity contribution in [2.45, 2.75) is 19.0 Å². The first-order valence-corrected chi connectivity index (χ1v) is 5.98. The zero-order chi connectivity index (χ0) is 14.6. The van der Waals surface area contributed by atoms with Gasteiger partial charge in [0.25, 0.3) is 0 Å². The summed E-state index contributed by atoms with van der Waals surface area (Å²) in [6, 6.07) is 7.59. The minimum atomic E-state index is -4.45. The second kappa shape index (κ2) is 5.96. The topological polar surface area (TPSA) is 54.1 Å². The van der Waals surface area contributed by atoms with E-state index in [2.05, 4.69) is 9.82 Å². The Morgan fingerprint density at radius 1 is 1.30 bits per heavy atom. The lowest BCUT2D eigenvalue weighted by atomic mass is 10.1. The minimum Gasteiger partial charge on any atom is -0.361 e. The van der Waals surface area contributed by atoms with Gasteiger partial charge in [-0.2, -0.15) is 13.2 Å². The van der Waals surface area contributed by atoms with Crippen molar-refractivity contribution in [3.8, 4) is 0 Å². The molecule has 2 aromatic rings. The smallest absolute Gasteiger partial charge is 0.361 e. The standard InChI is InChI=1S/C13H13F3N2O2/c14-13(15,16)8-20-18-12(19)6-5-9-7-17-11-4-2-1-3-10(9)11/h1-4,7,17H,5-6,8H2,(H,18,19). The summed E-state index contributed by atoms with van der Waals surface area (Å²) in [5.74, 6) is -0.584. The molecule has 0 saturated heterocycles. The van der Waals surface area contributed by atoms with Crippen molar-refractivity contribution in [3.05, 3.63) is 36.0 Å². The number of hydroxylamine groups is 1. The monoisotopic (exact) mass is 286 g/mol. The van der Waals surface area contributed by atoms with E-state index in [4.69, 9.17) is 0 Å². The first-order valence-electron chi connectivity index (χ1n) is 5.98. The van der Waals surface area contributed by atoms with Crippen LogP contribution < -0.4 is 5.48 Å². The second-order valence-corrected chi connectivity index (χ2v) is 4.29. The summed E-state index contributed by atoms with van der Waals surface area (Å²) in [5, 5.41) is 0.997. The largest absolute Gasteiger partial charge is 0.414 e. The quantitative estimate of drug-likeness (QED) is 0.830. The Morgan fingerprint density at radius 2 is 2.05 bits per heavy atom. The zero-order valence-corrected chi connectivity index (χ0v) is 10.5. The predicted octanol–water partition coefficient (Wildman–Crippen LogP) is 2.71. The van der Waals surface area contributed by atoms with Crippen molar-refractivity contribution in [2.24, 2.45) is 0 Å². The van der Waals surface area contributed by atoms with Gasteiger partial charge in [-0.25, -0.2) is 5.48 Å². The predicted molar refractivity (Wildman–Crippen MR) is 66.8 cm³/mol. The zero-order valence-electron chi connectivity index (χ0n) is 10.5. The van der Waals surface area contributed by atoms with Gasteiger partial charge in [0.15, 0.2) is 6.61 Å². The lowest BCUT2D eigenvalue weighted by Crippen LogP contribution is -2.29. The molecule has 0 spiro atoms. The summed E-state index contributed by atoms with van der Waals surface area (Å²) < 4.78 is 35.4. The van der Waals surface area contributed by atoms with Crippen molar-refractivity contribution >= 4 is 16.8 Å². The van der Waals surface area contributed by atoms with Gasteiger partial charge in [0, 0.05) is 23.5 Å². The number of amides is 1. The second-order valence-electron chi connectivity index (χ2n) is 4.29. The molecule has 0 aliphatic rings. The Bertz CT molecular complexity index is 593. The maximum atomic E-state index is 11.8. The fourth-order valence-electron chi connectivity index (χ4n) is 1.84. The van der Waals surface area contributed by atoms with Crippen LogP contribution in [0.1, 0.15) is 12.0 Å². The number of hydrogen-bond donors (Lipinski definition) is 2. The summed E-state index contributed by atoms with van der Waals surface area (Å²) in [6.07, 6.45) is -2.19. The number of aromatic nitrogens is 1. The number of aryl methyl sites for hydroxylation is 1. The van der Waals surface area contributed by atoms with E-state index in [1.54, 1.807) is 11.7 Å². The third-order valence-corrected chi connectivity index (χ3v) is 2.72. The van der Waals surface area contributed by atoms with Crippen molar-refractivity contribution in [1.82, 2.24) is 10.5 Å². The molecule has 20 heavy (non-hydrogen) atoms. The van der Waals surface area contributed by atoms with Gasteiger partial charge in [0.1, 0.15) is 0 Å². The molecule has 2 rings (SSSR count). The summed E-state index contributed by atoms with van der Waals surface area (Å²) in [4.78, 5) is 18.5. The van der Waals surface area contributed by atoms with Gasteiger partial charge < -0.3 is 4.98 Å². The normalized spacial score (nSPS) is 11.8. The van der Waals surface area contributed by atoms with Crippen LogP contribution in [0.2, 0.25) is 0 Å². The molecule has 0 atom stereocenters. The van der Waals surface area contributed by atoms with E-state index >= 15 is 0 Å². The fourth-order valence-corrected chi connectivity index (χ4v) is 1.84. The first kappa shape index (κ1) is 14.4. The number of carbonyl (C=O) groups is 1. The molecule has 0 saturated carbocycles. The molecule has 1 aromatic heterocycles. The first-order chi connectivity index (χ1) is 9.46. The molecule has 4 nitrogen and oxygen atoms in total. The fraction of sp³-hybridized carbons (Fsp3) is 0.308. The van der Waals surface area contributed by atoms with Crippen molar-refractivity contribution < 1.29 is 22.8 Å². The Kier molecular flexibility index (Phi) is 4.29. The van der Waals surface area contributed by atoms with Crippen molar-refractivity contribution in [1.29, 1.82) is 0 Å². The number of rotatable bonds is 5. The highest BCUT2D eigenvalue weighted by atomic mass is 19.4. The van der Waals surface area contributed by atoms with Crippen LogP contribution in [0.15, 0.2) is 30.5 Å². The molecule has 2 N–H and O–H groups in total. The van der Waals surface area contributed by atoms with Crippen LogP contribution in [0.5, 0.6) is 0 Å². The molecule has 0 aliphatic heterocycles. The number of H-pyrrole nitrogens is 1. The third-order valence-electron chi connectivity index (χ3n) is 2.72. The highest BCUT2D eigenvalue weighted by molar-refractivity contribution is 5.84. The van der Waals surface area contributed by atoms with Crippen LogP contribution in [0.3, 0.4) is 0 Å². The number of aromatic amines is 1. The molecule has 7 heteroatoms. The number of hydrogen-bond acceptors (Lipinski definition) is 2. The maximum Gasteiger partial charge on any atom is 0.414 e. The van der Waals surface area contributed by atoms with Crippen LogP contribution in [-0.2, 0) is 16.1 Å². The van der Waals surface area contributed by atoms with Gasteiger partial charge in [-0.1, -0.05) is 18.2 Å². The molecule has 0 radical (unpaired) electrons. The summed E-state index contributed by atoms with van der Waals surface area (Å²) in [5.41, 5.74) is 3.67. The highest BCUT2D eigenvalue weighted by Crippen LogP contribution is 2.19. The van der Waals surface area contributed by atoms with Gasteiger partial charge in [-0.3, -0.25) is 9.63 Å². The van der Waals surface area contributed by atoms with E-state index in [0.717, 1.165) is 16.5 Å². The van der Waals surface area contributed by atoms with Crippen LogP contribution in [-0.4, -0.2) is 23.7 Å². The summed E-state index contributed by atoms with van der Waals surface area (Å²) in [6.45, 7) is -1.49. The minimum absolute atomic E-state index is 0.0553. The lowest BCUT2D eigenvalue weighted by molar-refractivity contribution is -0.191. The van der Waals surface area contributed by atoms with Gasteiger partial charge >= 0.3 is 6.18 Å². The molecule has 0 fully saturated rings.